The topological polar surface area (TPSA) is 70.1 Å². The van der Waals surface area contributed by atoms with E-state index in [2.05, 4.69) is 0 Å². The molecule has 7 heteroatoms. The van der Waals surface area contributed by atoms with Crippen LogP contribution in [0.4, 0.5) is 4.39 Å². The van der Waals surface area contributed by atoms with Gasteiger partial charge in [-0.05, 0) is 32.3 Å². The van der Waals surface area contributed by atoms with Crippen molar-refractivity contribution in [3.63, 3.8) is 0 Å². The van der Waals surface area contributed by atoms with Crippen LogP contribution >= 0.6 is 0 Å². The number of ether oxygens (including phenoxy) is 1. The van der Waals surface area contributed by atoms with Gasteiger partial charge < -0.3 is 19.6 Å². The van der Waals surface area contributed by atoms with E-state index in [1.54, 1.807) is 30.3 Å². The Hall–Kier alpha value is -3.19. The lowest BCUT2D eigenvalue weighted by molar-refractivity contribution is -0.140. The molecule has 2 aromatic rings. The van der Waals surface area contributed by atoms with E-state index >= 15 is 0 Å². The highest BCUT2D eigenvalue weighted by atomic mass is 19.1. The first-order valence-electron chi connectivity index (χ1n) is 9.17. The lowest BCUT2D eigenvalue weighted by Crippen LogP contribution is -2.35. The molecule has 0 spiro atoms. The molecule has 1 amide bonds. The van der Waals surface area contributed by atoms with Gasteiger partial charge in [-0.3, -0.25) is 9.59 Å². The van der Waals surface area contributed by atoms with Gasteiger partial charge in [0.15, 0.2) is 0 Å². The highest BCUT2D eigenvalue weighted by Crippen LogP contribution is 2.41. The minimum Gasteiger partial charge on any atom is -0.507 e. The van der Waals surface area contributed by atoms with Gasteiger partial charge in [-0.1, -0.05) is 30.3 Å². The number of carbonyl (C=O) groups excluding carboxylic acids is 2. The number of likely N-dealkylation sites (tertiary alicyclic amines) is 1. The van der Waals surface area contributed by atoms with Gasteiger partial charge in [0, 0.05) is 18.7 Å². The Morgan fingerprint density at radius 2 is 1.79 bits per heavy atom. The first-order valence-corrected chi connectivity index (χ1v) is 9.17. The van der Waals surface area contributed by atoms with Crippen molar-refractivity contribution in [2.24, 2.45) is 0 Å². The number of halogens is 1. The molecule has 29 heavy (non-hydrogen) atoms. The summed E-state index contributed by atoms with van der Waals surface area (Å²) in [6.45, 7) is 0.686. The molecule has 1 aliphatic rings. The maximum atomic E-state index is 14.7. The van der Waals surface area contributed by atoms with E-state index in [0.29, 0.717) is 12.3 Å². The van der Waals surface area contributed by atoms with E-state index in [1.807, 2.05) is 19.0 Å². The molecule has 1 atom stereocenters. The predicted octanol–water partition coefficient (Wildman–Crippen LogP) is 2.82. The van der Waals surface area contributed by atoms with Crippen LogP contribution in [0.2, 0.25) is 0 Å². The van der Waals surface area contributed by atoms with E-state index in [9.17, 15) is 19.1 Å². The van der Waals surface area contributed by atoms with Crippen LogP contribution in [-0.2, 0) is 9.59 Å². The van der Waals surface area contributed by atoms with Gasteiger partial charge >= 0.3 is 0 Å². The fourth-order valence-corrected chi connectivity index (χ4v) is 3.42. The van der Waals surface area contributed by atoms with E-state index in [1.165, 1.54) is 30.2 Å². The summed E-state index contributed by atoms with van der Waals surface area (Å²) >= 11 is 0. The summed E-state index contributed by atoms with van der Waals surface area (Å²) in [5, 5.41) is 11.0. The summed E-state index contributed by atoms with van der Waals surface area (Å²) in [5.74, 6) is -2.21. The fraction of sp³-hybridized carbons (Fsp3) is 0.273. The third kappa shape index (κ3) is 3.86. The van der Waals surface area contributed by atoms with Crippen molar-refractivity contribution in [1.29, 1.82) is 0 Å². The summed E-state index contributed by atoms with van der Waals surface area (Å²) < 4.78 is 19.9. The molecule has 1 fully saturated rings. The molecule has 6 nitrogen and oxygen atoms in total. The Labute approximate surface area is 168 Å². The second kappa shape index (κ2) is 8.45. The van der Waals surface area contributed by atoms with E-state index < -0.39 is 23.5 Å². The number of aliphatic hydroxyl groups is 1. The van der Waals surface area contributed by atoms with Gasteiger partial charge in [0.1, 0.15) is 17.3 Å². The average Bonchev–Trinajstić information content (AvgIpc) is 2.96. The van der Waals surface area contributed by atoms with Crippen LogP contribution in [-0.4, -0.2) is 60.9 Å². The molecule has 1 aliphatic heterocycles. The maximum absolute atomic E-state index is 14.7. The Kier molecular flexibility index (Phi) is 5.98. The quantitative estimate of drug-likeness (QED) is 0.460. The molecule has 0 radical (unpaired) electrons. The number of carbonyl (C=O) groups is 2. The normalized spacial score (nSPS) is 18.5. The number of rotatable bonds is 6. The van der Waals surface area contributed by atoms with Crippen LogP contribution in [0.5, 0.6) is 5.75 Å². The van der Waals surface area contributed by atoms with Crippen molar-refractivity contribution in [2.45, 2.75) is 6.04 Å². The van der Waals surface area contributed by atoms with Gasteiger partial charge in [-0.15, -0.1) is 0 Å². The van der Waals surface area contributed by atoms with Crippen molar-refractivity contribution >= 4 is 17.4 Å². The molecular weight excluding hydrogens is 375 g/mol. The smallest absolute Gasteiger partial charge is 0.295 e. The number of methoxy groups -OCH3 is 1. The minimum atomic E-state index is -1.03. The molecular formula is C22H23FN2O4. The second-order valence-electron chi connectivity index (χ2n) is 7.02. The van der Waals surface area contributed by atoms with E-state index in [-0.39, 0.29) is 29.0 Å². The summed E-state index contributed by atoms with van der Waals surface area (Å²) in [5.41, 5.74) is 0.271. The number of nitrogens with zero attached hydrogens (tertiary/aromatic N) is 2. The van der Waals surface area contributed by atoms with Crippen molar-refractivity contribution in [3.8, 4) is 5.75 Å². The molecule has 0 bridgehead atoms. The van der Waals surface area contributed by atoms with Crippen LogP contribution in [0.3, 0.4) is 0 Å². The number of benzene rings is 2. The number of amides is 1. The highest BCUT2D eigenvalue weighted by molar-refractivity contribution is 6.46. The standard InChI is InChI=1S/C22H23FN2O4/c1-24(2)12-13-25-19(14-8-4-6-10-16(14)23)18(21(27)22(25)28)20(26)15-9-5-7-11-17(15)29-3/h4-11,19,26H,12-13H2,1-3H3/b20-18+. The second-order valence-corrected chi connectivity index (χ2v) is 7.02. The Balaban J connectivity index is 2.21. The van der Waals surface area contributed by atoms with Crippen LogP contribution < -0.4 is 4.74 Å². The zero-order valence-corrected chi connectivity index (χ0v) is 16.6. The molecule has 0 aliphatic carbocycles. The fourth-order valence-electron chi connectivity index (χ4n) is 3.42. The molecule has 3 rings (SSSR count). The van der Waals surface area contributed by atoms with Crippen LogP contribution in [0.25, 0.3) is 5.76 Å². The van der Waals surface area contributed by atoms with Crippen molar-refractivity contribution in [3.05, 3.63) is 71.0 Å². The molecule has 152 valence electrons. The molecule has 1 unspecified atom stereocenters. The summed E-state index contributed by atoms with van der Waals surface area (Å²) in [4.78, 5) is 28.8. The monoisotopic (exact) mass is 398 g/mol. The first kappa shape index (κ1) is 20.5. The van der Waals surface area contributed by atoms with Gasteiger partial charge in [-0.2, -0.15) is 0 Å². The van der Waals surface area contributed by atoms with E-state index in [4.69, 9.17) is 4.74 Å². The third-order valence-corrected chi connectivity index (χ3v) is 4.89. The molecule has 1 saturated heterocycles. The summed E-state index contributed by atoms with van der Waals surface area (Å²) in [6, 6.07) is 11.5. The van der Waals surface area contributed by atoms with Gasteiger partial charge in [0.25, 0.3) is 11.7 Å². The number of hydrogen-bond donors (Lipinski definition) is 1. The summed E-state index contributed by atoms with van der Waals surface area (Å²) in [7, 11) is 5.11. The Morgan fingerprint density at radius 3 is 2.45 bits per heavy atom. The van der Waals surface area contributed by atoms with E-state index in [0.717, 1.165) is 0 Å². The number of ketones is 1. The minimum absolute atomic E-state index is 0.150. The number of likely N-dealkylation sites (N-methyl/N-ethyl adjacent to an activating group) is 1. The van der Waals surface area contributed by atoms with Gasteiger partial charge in [-0.25, -0.2) is 4.39 Å². The highest BCUT2D eigenvalue weighted by Gasteiger charge is 2.47. The van der Waals surface area contributed by atoms with Gasteiger partial charge in [0.2, 0.25) is 0 Å². The van der Waals surface area contributed by atoms with Gasteiger partial charge in [0.05, 0.1) is 24.3 Å². The Morgan fingerprint density at radius 1 is 1.14 bits per heavy atom. The predicted molar refractivity (Wildman–Crippen MR) is 107 cm³/mol. The molecule has 0 aromatic heterocycles. The zero-order valence-electron chi connectivity index (χ0n) is 16.6. The molecule has 1 heterocycles. The Bertz CT molecular complexity index is 971. The van der Waals surface area contributed by atoms with Crippen molar-refractivity contribution < 1.29 is 23.8 Å². The zero-order chi connectivity index (χ0) is 21.1. The number of hydrogen-bond acceptors (Lipinski definition) is 5. The summed E-state index contributed by atoms with van der Waals surface area (Å²) in [6.07, 6.45) is 0. The number of para-hydroxylation sites is 1. The van der Waals surface area contributed by atoms with Crippen LogP contribution in [0, 0.1) is 5.82 Å². The SMILES string of the molecule is COc1ccccc1/C(O)=C1\C(=O)C(=O)N(CCN(C)C)C1c1ccccc1F. The van der Waals surface area contributed by atoms with Crippen molar-refractivity contribution in [2.75, 3.05) is 34.3 Å². The van der Waals surface area contributed by atoms with Crippen LogP contribution in [0.1, 0.15) is 17.2 Å². The van der Waals surface area contributed by atoms with Crippen LogP contribution in [0.15, 0.2) is 54.1 Å². The maximum Gasteiger partial charge on any atom is 0.295 e. The van der Waals surface area contributed by atoms with Crippen molar-refractivity contribution in [1.82, 2.24) is 9.80 Å². The average molecular weight is 398 g/mol. The molecule has 2 aromatic carbocycles. The molecule has 0 saturated carbocycles. The lowest BCUT2D eigenvalue weighted by Gasteiger charge is -2.26. The number of Topliss-reactive ketones (excluding diaryl/α,β-unsaturated/α-hetero) is 1. The largest absolute Gasteiger partial charge is 0.507 e. The molecule has 1 N–H and O–H groups in total. The lowest BCUT2D eigenvalue weighted by atomic mass is 9.94. The third-order valence-electron chi connectivity index (χ3n) is 4.89. The first-order chi connectivity index (χ1) is 13.9. The number of aliphatic hydroxyl groups excluding tert-OH is 1.